The normalized spacial score (nSPS) is 21.9. The molecular formula is C25H39F3N3O3+. The minimum absolute atomic E-state index is 0.0518. The molecule has 6 nitrogen and oxygen atoms in total. The topological polar surface area (TPSA) is 45.9 Å². The fraction of sp³-hybridized carbons (Fsp3) is 0.760. The molecule has 0 radical (unpaired) electrons. The molecule has 34 heavy (non-hydrogen) atoms. The molecule has 1 aromatic heterocycles. The Morgan fingerprint density at radius 2 is 2.15 bits per heavy atom. The molecule has 0 spiro atoms. The molecule has 0 aliphatic carbocycles. The number of pyridine rings is 1. The highest BCUT2D eigenvalue weighted by Crippen LogP contribution is 2.31. The Bertz CT molecular complexity index is 834. The maximum atomic E-state index is 13.4. The van der Waals surface area contributed by atoms with Gasteiger partial charge in [0.05, 0.1) is 19.6 Å². The maximum absolute atomic E-state index is 13.4. The van der Waals surface area contributed by atoms with E-state index in [-0.39, 0.29) is 18.4 Å². The van der Waals surface area contributed by atoms with Crippen LogP contribution >= 0.6 is 0 Å². The quantitative estimate of drug-likeness (QED) is 0.502. The number of halogens is 3. The molecule has 1 amide bonds. The molecule has 3 heterocycles. The second-order valence-electron chi connectivity index (χ2n) is 9.73. The van der Waals surface area contributed by atoms with Crippen LogP contribution in [0.5, 0.6) is 0 Å². The highest BCUT2D eigenvalue weighted by Gasteiger charge is 2.38. The summed E-state index contributed by atoms with van der Waals surface area (Å²) in [7, 11) is 3.50. The molecule has 1 fully saturated rings. The molecule has 1 aromatic rings. The van der Waals surface area contributed by atoms with Gasteiger partial charge in [0, 0.05) is 35.4 Å². The third-order valence-electron chi connectivity index (χ3n) is 7.25. The van der Waals surface area contributed by atoms with Crippen LogP contribution in [0.4, 0.5) is 13.2 Å². The van der Waals surface area contributed by atoms with E-state index >= 15 is 0 Å². The number of carbonyl (C=O) groups is 1. The summed E-state index contributed by atoms with van der Waals surface area (Å²) in [6, 6.07) is 1.66. The van der Waals surface area contributed by atoms with Crippen LogP contribution in [0.1, 0.15) is 62.8 Å². The largest absolute Gasteiger partial charge is 0.422 e. The SMILES string of the molecule is CCC[C@H](CCCN(C)C1CCOCC1C)C(=O)N1CCc2c(cc(C(F)(F)F)c[n+]2OC)C1. The van der Waals surface area contributed by atoms with Crippen LogP contribution in [0.15, 0.2) is 12.3 Å². The minimum Gasteiger partial charge on any atom is -0.381 e. The standard InChI is InChI=1S/C25H39F3N3O3/c1-5-7-19(8-6-11-29(3)22-10-13-34-17-18(22)2)24(32)30-12-9-23-20(15-30)14-21(25(26,27)28)16-31(23)33-4/h14,16,18-19,22H,5-13,15,17H2,1-4H3/q+1/t18?,19-,22?/m1/s1. The molecule has 192 valence electrons. The van der Waals surface area contributed by atoms with Gasteiger partial charge in [-0.05, 0) is 51.3 Å². The van der Waals surface area contributed by atoms with Crippen molar-refractivity contribution < 1.29 is 32.3 Å². The summed E-state index contributed by atoms with van der Waals surface area (Å²) in [6.45, 7) is 7.47. The zero-order valence-corrected chi connectivity index (χ0v) is 20.9. The Kier molecular flexibility index (Phi) is 9.20. The van der Waals surface area contributed by atoms with E-state index < -0.39 is 11.7 Å². The first-order valence-electron chi connectivity index (χ1n) is 12.4. The second kappa shape index (κ2) is 11.7. The van der Waals surface area contributed by atoms with Gasteiger partial charge in [0.15, 0.2) is 0 Å². The molecule has 0 aromatic carbocycles. The third-order valence-corrected chi connectivity index (χ3v) is 7.25. The lowest BCUT2D eigenvalue weighted by atomic mass is 9.93. The van der Waals surface area contributed by atoms with Crippen molar-refractivity contribution in [1.29, 1.82) is 0 Å². The number of alkyl halides is 3. The summed E-state index contributed by atoms with van der Waals surface area (Å²) < 4.78 is 46.8. The number of aromatic nitrogens is 1. The van der Waals surface area contributed by atoms with Gasteiger partial charge in [-0.1, -0.05) is 20.3 Å². The van der Waals surface area contributed by atoms with E-state index in [1.807, 2.05) is 0 Å². The van der Waals surface area contributed by atoms with E-state index in [4.69, 9.17) is 9.57 Å². The second-order valence-corrected chi connectivity index (χ2v) is 9.73. The molecule has 1 saturated heterocycles. The Morgan fingerprint density at radius 3 is 2.79 bits per heavy atom. The lowest BCUT2D eigenvalue weighted by molar-refractivity contribution is -0.891. The highest BCUT2D eigenvalue weighted by molar-refractivity contribution is 5.79. The molecule has 0 saturated carbocycles. The summed E-state index contributed by atoms with van der Waals surface area (Å²) in [6.07, 6.45) is 1.41. The first-order chi connectivity index (χ1) is 16.2. The monoisotopic (exact) mass is 486 g/mol. The van der Waals surface area contributed by atoms with Crippen LogP contribution in [-0.4, -0.2) is 62.2 Å². The van der Waals surface area contributed by atoms with Crippen molar-refractivity contribution in [2.45, 2.75) is 71.1 Å². The number of amides is 1. The van der Waals surface area contributed by atoms with E-state index in [1.54, 1.807) is 4.90 Å². The van der Waals surface area contributed by atoms with Crippen molar-refractivity contribution in [3.63, 3.8) is 0 Å². The molecule has 3 atom stereocenters. The Balaban J connectivity index is 1.64. The third kappa shape index (κ3) is 6.42. The van der Waals surface area contributed by atoms with Gasteiger partial charge < -0.3 is 14.5 Å². The first kappa shape index (κ1) is 26.7. The average molecular weight is 487 g/mol. The van der Waals surface area contributed by atoms with Crippen molar-refractivity contribution >= 4 is 5.91 Å². The van der Waals surface area contributed by atoms with Crippen molar-refractivity contribution in [1.82, 2.24) is 9.80 Å². The van der Waals surface area contributed by atoms with Gasteiger partial charge in [-0.3, -0.25) is 9.63 Å². The molecular weight excluding hydrogens is 447 g/mol. The molecule has 2 aliphatic heterocycles. The maximum Gasteiger partial charge on any atom is 0.422 e. The van der Waals surface area contributed by atoms with Gasteiger partial charge in [-0.15, -0.1) is 0 Å². The zero-order valence-electron chi connectivity index (χ0n) is 20.9. The summed E-state index contributed by atoms with van der Waals surface area (Å²) in [4.78, 5) is 22.7. The fourth-order valence-corrected chi connectivity index (χ4v) is 5.37. The Labute approximate surface area is 201 Å². The lowest BCUT2D eigenvalue weighted by Gasteiger charge is -2.36. The van der Waals surface area contributed by atoms with E-state index in [2.05, 4.69) is 25.8 Å². The molecule has 2 aliphatic rings. The highest BCUT2D eigenvalue weighted by atomic mass is 19.4. The predicted octanol–water partition coefficient (Wildman–Crippen LogP) is 3.49. The molecule has 9 heteroatoms. The summed E-state index contributed by atoms with van der Waals surface area (Å²) in [5, 5.41) is 0. The van der Waals surface area contributed by atoms with E-state index in [1.165, 1.54) is 11.8 Å². The average Bonchev–Trinajstić information content (AvgIpc) is 2.81. The van der Waals surface area contributed by atoms with Crippen molar-refractivity contribution in [2.75, 3.05) is 40.5 Å². The number of ether oxygens (including phenoxy) is 1. The van der Waals surface area contributed by atoms with Crippen molar-refractivity contribution in [3.8, 4) is 0 Å². The first-order valence-corrected chi connectivity index (χ1v) is 12.4. The minimum atomic E-state index is -4.47. The van der Waals surface area contributed by atoms with Gasteiger partial charge in [-0.25, -0.2) is 0 Å². The van der Waals surface area contributed by atoms with E-state index in [0.717, 1.165) is 64.1 Å². The Morgan fingerprint density at radius 1 is 1.38 bits per heavy atom. The number of carbonyl (C=O) groups excluding carboxylic acids is 1. The van der Waals surface area contributed by atoms with Crippen LogP contribution in [0.25, 0.3) is 0 Å². The predicted molar refractivity (Wildman–Crippen MR) is 122 cm³/mol. The van der Waals surface area contributed by atoms with Crippen LogP contribution in [-0.2, 0) is 28.7 Å². The zero-order chi connectivity index (χ0) is 24.9. The van der Waals surface area contributed by atoms with Crippen LogP contribution in [0.2, 0.25) is 0 Å². The molecule has 0 N–H and O–H groups in total. The summed E-state index contributed by atoms with van der Waals surface area (Å²) >= 11 is 0. The number of rotatable bonds is 9. The number of hydrogen-bond acceptors (Lipinski definition) is 4. The number of nitrogens with zero attached hydrogens (tertiary/aromatic N) is 3. The molecule has 3 rings (SSSR count). The van der Waals surface area contributed by atoms with Crippen LogP contribution < -0.4 is 9.57 Å². The van der Waals surface area contributed by atoms with Gasteiger partial charge in [-0.2, -0.15) is 13.2 Å². The number of hydrogen-bond donors (Lipinski definition) is 0. The van der Waals surface area contributed by atoms with Gasteiger partial charge in [0.2, 0.25) is 17.8 Å². The van der Waals surface area contributed by atoms with Crippen LogP contribution in [0, 0.1) is 11.8 Å². The summed E-state index contributed by atoms with van der Waals surface area (Å²) in [5.41, 5.74) is 0.427. The van der Waals surface area contributed by atoms with Crippen molar-refractivity contribution in [2.24, 2.45) is 11.8 Å². The van der Waals surface area contributed by atoms with Gasteiger partial charge in [0.25, 0.3) is 0 Å². The van der Waals surface area contributed by atoms with Crippen LogP contribution in [0.3, 0.4) is 0 Å². The number of fused-ring (bicyclic) bond motifs is 1. The Hall–Kier alpha value is -1.87. The smallest absolute Gasteiger partial charge is 0.381 e. The van der Waals surface area contributed by atoms with Crippen molar-refractivity contribution in [3.05, 3.63) is 29.1 Å². The van der Waals surface area contributed by atoms with E-state index in [9.17, 15) is 18.0 Å². The molecule has 0 bridgehead atoms. The summed E-state index contributed by atoms with van der Waals surface area (Å²) in [5.74, 6) is 0.445. The lowest BCUT2D eigenvalue weighted by Crippen LogP contribution is -2.50. The molecule has 2 unspecified atom stereocenters. The van der Waals surface area contributed by atoms with Gasteiger partial charge >= 0.3 is 6.18 Å². The fourth-order valence-electron chi connectivity index (χ4n) is 5.37. The van der Waals surface area contributed by atoms with Gasteiger partial charge in [0.1, 0.15) is 12.7 Å². The van der Waals surface area contributed by atoms with E-state index in [0.29, 0.717) is 36.2 Å².